The van der Waals surface area contributed by atoms with Crippen LogP contribution >= 0.6 is 0 Å². The minimum absolute atomic E-state index is 0.482. The average Bonchev–Trinajstić information content (AvgIpc) is 2.76. The van der Waals surface area contributed by atoms with Crippen molar-refractivity contribution in [2.45, 2.75) is 64.1 Å². The SMILES string of the molecule is CCCC1CN(C(C)C2CCCO2)CCCN1. The van der Waals surface area contributed by atoms with Gasteiger partial charge in [0, 0.05) is 25.2 Å². The van der Waals surface area contributed by atoms with Gasteiger partial charge in [-0.3, -0.25) is 4.90 Å². The number of rotatable bonds is 4. The minimum Gasteiger partial charge on any atom is -0.377 e. The molecule has 2 aliphatic rings. The van der Waals surface area contributed by atoms with Gasteiger partial charge in [-0.25, -0.2) is 0 Å². The van der Waals surface area contributed by atoms with Crippen LogP contribution in [-0.4, -0.2) is 49.3 Å². The summed E-state index contributed by atoms with van der Waals surface area (Å²) in [5, 5.41) is 3.68. The third-order valence-corrected chi connectivity index (χ3v) is 4.23. The lowest BCUT2D eigenvalue weighted by molar-refractivity contribution is 0.0304. The number of nitrogens with zero attached hydrogens (tertiary/aromatic N) is 1. The van der Waals surface area contributed by atoms with Crippen molar-refractivity contribution in [1.82, 2.24) is 10.2 Å². The zero-order chi connectivity index (χ0) is 12.1. The summed E-state index contributed by atoms with van der Waals surface area (Å²) in [6, 6.07) is 1.28. The van der Waals surface area contributed by atoms with Gasteiger partial charge in [-0.2, -0.15) is 0 Å². The van der Waals surface area contributed by atoms with E-state index in [4.69, 9.17) is 4.74 Å². The fraction of sp³-hybridized carbons (Fsp3) is 1.00. The van der Waals surface area contributed by atoms with Crippen LogP contribution in [0.15, 0.2) is 0 Å². The van der Waals surface area contributed by atoms with E-state index in [1.807, 2.05) is 0 Å². The first-order valence-electron chi connectivity index (χ1n) is 7.40. The molecule has 3 atom stereocenters. The molecule has 3 heteroatoms. The summed E-state index contributed by atoms with van der Waals surface area (Å²) in [6.07, 6.45) is 6.84. The van der Waals surface area contributed by atoms with Gasteiger partial charge in [-0.05, 0) is 45.7 Å². The average molecular weight is 240 g/mol. The maximum absolute atomic E-state index is 5.84. The monoisotopic (exact) mass is 240 g/mol. The topological polar surface area (TPSA) is 24.5 Å². The molecule has 2 rings (SSSR count). The van der Waals surface area contributed by atoms with Gasteiger partial charge in [0.25, 0.3) is 0 Å². The van der Waals surface area contributed by atoms with E-state index in [2.05, 4.69) is 24.1 Å². The standard InChI is InChI=1S/C14H28N2O/c1-3-6-13-11-16(9-5-8-15-13)12(2)14-7-4-10-17-14/h12-15H,3-11H2,1-2H3. The fourth-order valence-electron chi connectivity index (χ4n) is 3.16. The maximum atomic E-state index is 5.84. The van der Waals surface area contributed by atoms with Crippen molar-refractivity contribution < 1.29 is 4.74 Å². The largest absolute Gasteiger partial charge is 0.377 e. The Hall–Kier alpha value is -0.120. The van der Waals surface area contributed by atoms with Crippen molar-refractivity contribution in [3.63, 3.8) is 0 Å². The molecule has 0 saturated carbocycles. The van der Waals surface area contributed by atoms with E-state index in [1.165, 1.54) is 51.7 Å². The lowest BCUT2D eigenvalue weighted by Gasteiger charge is -2.33. The highest BCUT2D eigenvalue weighted by molar-refractivity contribution is 4.84. The maximum Gasteiger partial charge on any atom is 0.0728 e. The molecule has 3 unspecified atom stereocenters. The Kier molecular flexibility index (Phi) is 5.26. The van der Waals surface area contributed by atoms with Gasteiger partial charge in [-0.1, -0.05) is 13.3 Å². The Morgan fingerprint density at radius 1 is 1.41 bits per heavy atom. The van der Waals surface area contributed by atoms with Crippen molar-refractivity contribution in [2.75, 3.05) is 26.2 Å². The minimum atomic E-state index is 0.482. The zero-order valence-corrected chi connectivity index (χ0v) is 11.5. The van der Waals surface area contributed by atoms with Crippen molar-refractivity contribution in [3.05, 3.63) is 0 Å². The quantitative estimate of drug-likeness (QED) is 0.813. The van der Waals surface area contributed by atoms with Crippen LogP contribution in [0.1, 0.15) is 46.0 Å². The molecule has 3 nitrogen and oxygen atoms in total. The molecule has 0 radical (unpaired) electrons. The highest BCUT2D eigenvalue weighted by Crippen LogP contribution is 2.21. The van der Waals surface area contributed by atoms with Crippen molar-refractivity contribution >= 4 is 0 Å². The summed E-state index contributed by atoms with van der Waals surface area (Å²) in [5.74, 6) is 0. The molecule has 1 N–H and O–H groups in total. The lowest BCUT2D eigenvalue weighted by Crippen LogP contribution is -2.46. The molecule has 0 aromatic carbocycles. The molecule has 0 aromatic heterocycles. The van der Waals surface area contributed by atoms with Gasteiger partial charge in [0.2, 0.25) is 0 Å². The van der Waals surface area contributed by atoms with Gasteiger partial charge in [0.15, 0.2) is 0 Å². The van der Waals surface area contributed by atoms with E-state index in [-0.39, 0.29) is 0 Å². The van der Waals surface area contributed by atoms with Crippen molar-refractivity contribution in [1.29, 1.82) is 0 Å². The van der Waals surface area contributed by atoms with E-state index >= 15 is 0 Å². The molecule has 2 aliphatic heterocycles. The van der Waals surface area contributed by atoms with E-state index in [1.54, 1.807) is 0 Å². The Morgan fingerprint density at radius 2 is 2.29 bits per heavy atom. The first-order chi connectivity index (χ1) is 8.31. The van der Waals surface area contributed by atoms with Crippen LogP contribution in [0.25, 0.3) is 0 Å². The van der Waals surface area contributed by atoms with Crippen molar-refractivity contribution in [3.8, 4) is 0 Å². The summed E-state index contributed by atoms with van der Waals surface area (Å²) in [7, 11) is 0. The second kappa shape index (κ2) is 6.72. The van der Waals surface area contributed by atoms with E-state index in [0.717, 1.165) is 6.61 Å². The van der Waals surface area contributed by atoms with Gasteiger partial charge < -0.3 is 10.1 Å². The Bertz CT molecular complexity index is 216. The van der Waals surface area contributed by atoms with Crippen LogP contribution < -0.4 is 5.32 Å². The molecule has 2 fully saturated rings. The van der Waals surface area contributed by atoms with Gasteiger partial charge >= 0.3 is 0 Å². The number of hydrogen-bond donors (Lipinski definition) is 1. The van der Waals surface area contributed by atoms with Crippen LogP contribution in [0, 0.1) is 0 Å². The van der Waals surface area contributed by atoms with Gasteiger partial charge in [0.1, 0.15) is 0 Å². The molecule has 2 saturated heterocycles. The molecule has 0 aliphatic carbocycles. The predicted octanol–water partition coefficient (Wildman–Crippen LogP) is 2.02. The number of nitrogens with one attached hydrogen (secondary N) is 1. The Labute approximate surface area is 106 Å². The number of ether oxygens (including phenoxy) is 1. The van der Waals surface area contributed by atoms with E-state index < -0.39 is 0 Å². The predicted molar refractivity (Wildman–Crippen MR) is 71.3 cm³/mol. The number of hydrogen-bond acceptors (Lipinski definition) is 3. The third kappa shape index (κ3) is 3.67. The third-order valence-electron chi connectivity index (χ3n) is 4.23. The molecular formula is C14H28N2O. The molecule has 100 valence electrons. The molecule has 0 aromatic rings. The first kappa shape index (κ1) is 13.3. The van der Waals surface area contributed by atoms with Crippen LogP contribution in [0.2, 0.25) is 0 Å². The Balaban J connectivity index is 1.88. The molecule has 0 spiro atoms. The van der Waals surface area contributed by atoms with Crippen molar-refractivity contribution in [2.24, 2.45) is 0 Å². The molecule has 0 amide bonds. The lowest BCUT2D eigenvalue weighted by atomic mass is 10.1. The molecular weight excluding hydrogens is 212 g/mol. The molecule has 2 heterocycles. The smallest absolute Gasteiger partial charge is 0.0728 e. The van der Waals surface area contributed by atoms with Crippen LogP contribution in [0.3, 0.4) is 0 Å². The fourth-order valence-corrected chi connectivity index (χ4v) is 3.16. The van der Waals surface area contributed by atoms with Crippen LogP contribution in [0.5, 0.6) is 0 Å². The normalized spacial score (nSPS) is 33.5. The first-order valence-corrected chi connectivity index (χ1v) is 7.40. The Morgan fingerprint density at radius 3 is 3.00 bits per heavy atom. The van der Waals surface area contributed by atoms with E-state index in [9.17, 15) is 0 Å². The zero-order valence-electron chi connectivity index (χ0n) is 11.5. The summed E-state index contributed by atoms with van der Waals surface area (Å²) in [4.78, 5) is 2.65. The van der Waals surface area contributed by atoms with Crippen LogP contribution in [0.4, 0.5) is 0 Å². The second-order valence-corrected chi connectivity index (χ2v) is 5.58. The highest BCUT2D eigenvalue weighted by atomic mass is 16.5. The van der Waals surface area contributed by atoms with Crippen LogP contribution in [-0.2, 0) is 4.74 Å². The summed E-state index contributed by atoms with van der Waals surface area (Å²) >= 11 is 0. The molecule has 17 heavy (non-hydrogen) atoms. The van der Waals surface area contributed by atoms with E-state index in [0.29, 0.717) is 18.2 Å². The summed E-state index contributed by atoms with van der Waals surface area (Å²) < 4.78 is 5.84. The van der Waals surface area contributed by atoms with Gasteiger partial charge in [0.05, 0.1) is 6.10 Å². The summed E-state index contributed by atoms with van der Waals surface area (Å²) in [5.41, 5.74) is 0. The highest BCUT2D eigenvalue weighted by Gasteiger charge is 2.29. The second-order valence-electron chi connectivity index (χ2n) is 5.58. The summed E-state index contributed by atoms with van der Waals surface area (Å²) in [6.45, 7) is 9.22. The molecule has 0 bridgehead atoms. The van der Waals surface area contributed by atoms with Gasteiger partial charge in [-0.15, -0.1) is 0 Å².